The Morgan fingerprint density at radius 1 is 1.04 bits per heavy atom. The first-order chi connectivity index (χ1) is 11.1. The number of aliphatic carboxylic acids is 1. The molecule has 2 N–H and O–H groups in total. The van der Waals surface area contributed by atoms with Crippen molar-refractivity contribution in [3.63, 3.8) is 0 Å². The second-order valence-corrected chi connectivity index (χ2v) is 7.31. The van der Waals surface area contributed by atoms with Crippen molar-refractivity contribution in [3.8, 4) is 0 Å². The van der Waals surface area contributed by atoms with Gasteiger partial charge in [0.1, 0.15) is 0 Å². The Labute approximate surface area is 137 Å². The lowest BCUT2D eigenvalue weighted by Crippen LogP contribution is -2.48. The molecular formula is C17H28N2O4. The first kappa shape index (κ1) is 16.6. The summed E-state index contributed by atoms with van der Waals surface area (Å²) in [7, 11) is 0. The number of nitrogens with zero attached hydrogens (tertiary/aromatic N) is 1. The van der Waals surface area contributed by atoms with Crippen molar-refractivity contribution < 1.29 is 19.4 Å². The molecule has 2 aliphatic carbocycles. The molecule has 3 rings (SSSR count). The van der Waals surface area contributed by atoms with Gasteiger partial charge in [-0.05, 0) is 31.6 Å². The summed E-state index contributed by atoms with van der Waals surface area (Å²) in [5.41, 5.74) is 0. The smallest absolute Gasteiger partial charge is 0.317 e. The molecule has 0 aromatic carbocycles. The fourth-order valence-corrected chi connectivity index (χ4v) is 3.97. The Bertz CT molecular complexity index is 430. The maximum atomic E-state index is 12.6. The number of urea groups is 1. The first-order valence-electron chi connectivity index (χ1n) is 8.99. The van der Waals surface area contributed by atoms with Crippen molar-refractivity contribution in [2.24, 2.45) is 17.8 Å². The second kappa shape index (κ2) is 7.51. The number of nitrogens with one attached hydrogen (secondary N) is 1. The summed E-state index contributed by atoms with van der Waals surface area (Å²) < 4.78 is 5.69. The molecule has 6 nitrogen and oxygen atoms in total. The van der Waals surface area contributed by atoms with Crippen LogP contribution in [0.3, 0.4) is 0 Å². The molecule has 2 amide bonds. The van der Waals surface area contributed by atoms with E-state index in [1.54, 1.807) is 0 Å². The minimum absolute atomic E-state index is 0.00130. The Morgan fingerprint density at radius 3 is 2.39 bits per heavy atom. The van der Waals surface area contributed by atoms with Crippen LogP contribution in [0.15, 0.2) is 0 Å². The van der Waals surface area contributed by atoms with Gasteiger partial charge in [-0.25, -0.2) is 4.79 Å². The van der Waals surface area contributed by atoms with Crippen molar-refractivity contribution in [1.82, 2.24) is 10.2 Å². The van der Waals surface area contributed by atoms with Crippen LogP contribution in [0.1, 0.15) is 44.9 Å². The number of rotatable bonds is 3. The first-order valence-corrected chi connectivity index (χ1v) is 8.99. The highest BCUT2D eigenvalue weighted by atomic mass is 16.5. The quantitative estimate of drug-likeness (QED) is 0.833. The van der Waals surface area contributed by atoms with Gasteiger partial charge in [0.2, 0.25) is 0 Å². The minimum Gasteiger partial charge on any atom is -0.481 e. The van der Waals surface area contributed by atoms with Crippen LogP contribution in [0.4, 0.5) is 4.79 Å². The van der Waals surface area contributed by atoms with Crippen LogP contribution in [0, 0.1) is 17.8 Å². The average molecular weight is 324 g/mol. The van der Waals surface area contributed by atoms with E-state index in [-0.39, 0.29) is 18.0 Å². The van der Waals surface area contributed by atoms with Crippen LogP contribution < -0.4 is 5.32 Å². The van der Waals surface area contributed by atoms with E-state index in [0.29, 0.717) is 31.9 Å². The molecule has 1 heterocycles. The minimum atomic E-state index is -0.706. The maximum Gasteiger partial charge on any atom is 0.317 e. The van der Waals surface area contributed by atoms with Crippen LogP contribution in [-0.2, 0) is 9.53 Å². The Balaban J connectivity index is 1.48. The summed E-state index contributed by atoms with van der Waals surface area (Å²) >= 11 is 0. The monoisotopic (exact) mass is 324 g/mol. The zero-order valence-electron chi connectivity index (χ0n) is 13.7. The van der Waals surface area contributed by atoms with Crippen LogP contribution >= 0.6 is 0 Å². The van der Waals surface area contributed by atoms with Crippen LogP contribution in [-0.4, -0.2) is 54.4 Å². The molecule has 0 aromatic heterocycles. The van der Waals surface area contributed by atoms with Crippen molar-refractivity contribution in [2.75, 3.05) is 26.3 Å². The van der Waals surface area contributed by atoms with Crippen LogP contribution in [0.25, 0.3) is 0 Å². The summed E-state index contributed by atoms with van der Waals surface area (Å²) in [6.45, 7) is 2.83. The lowest BCUT2D eigenvalue weighted by Gasteiger charge is -2.35. The lowest BCUT2D eigenvalue weighted by molar-refractivity contribution is -0.142. The third kappa shape index (κ3) is 4.16. The van der Waals surface area contributed by atoms with Gasteiger partial charge in [-0.3, -0.25) is 4.79 Å². The molecule has 0 spiro atoms. The molecule has 2 saturated carbocycles. The highest BCUT2D eigenvalue weighted by Gasteiger charge is 2.33. The predicted octanol–water partition coefficient (Wildman–Crippen LogP) is 2.09. The molecule has 1 aliphatic heterocycles. The van der Waals surface area contributed by atoms with Crippen molar-refractivity contribution in [3.05, 3.63) is 0 Å². The molecule has 6 heteroatoms. The number of carboxylic acid groups (broad SMARTS) is 1. The summed E-state index contributed by atoms with van der Waals surface area (Å²) in [6, 6.07) is 0.114. The number of amides is 2. The number of hydrogen-bond donors (Lipinski definition) is 2. The number of hydrogen-bond acceptors (Lipinski definition) is 3. The van der Waals surface area contributed by atoms with E-state index in [1.165, 1.54) is 19.3 Å². The van der Waals surface area contributed by atoms with Crippen molar-refractivity contribution in [1.29, 1.82) is 0 Å². The van der Waals surface area contributed by atoms with Gasteiger partial charge >= 0.3 is 12.0 Å². The number of carbonyl (C=O) groups is 2. The molecule has 0 bridgehead atoms. The van der Waals surface area contributed by atoms with Gasteiger partial charge in [0, 0.05) is 25.0 Å². The van der Waals surface area contributed by atoms with Crippen LogP contribution in [0.5, 0.6) is 0 Å². The third-order valence-electron chi connectivity index (χ3n) is 5.80. The van der Waals surface area contributed by atoms with Gasteiger partial charge in [-0.1, -0.05) is 19.3 Å². The topological polar surface area (TPSA) is 78.9 Å². The molecular weight excluding hydrogens is 296 g/mol. The van der Waals surface area contributed by atoms with Gasteiger partial charge in [0.25, 0.3) is 0 Å². The normalized spacial score (nSPS) is 32.7. The van der Waals surface area contributed by atoms with E-state index in [1.807, 2.05) is 4.90 Å². The Hall–Kier alpha value is -1.30. The standard InChI is InChI=1S/C17H28N2O4/c20-16(21)13-4-6-15(7-5-13)18-17(22)19-8-9-23-11-14(10-19)12-2-1-3-12/h12-15H,1-11H2,(H,18,22)(H,20,21). The van der Waals surface area contributed by atoms with Gasteiger partial charge in [0.05, 0.1) is 19.1 Å². The van der Waals surface area contributed by atoms with Gasteiger partial charge < -0.3 is 20.1 Å². The van der Waals surface area contributed by atoms with E-state index in [4.69, 9.17) is 9.84 Å². The maximum absolute atomic E-state index is 12.6. The van der Waals surface area contributed by atoms with Gasteiger partial charge in [0.15, 0.2) is 0 Å². The fourth-order valence-electron chi connectivity index (χ4n) is 3.97. The molecule has 23 heavy (non-hydrogen) atoms. The van der Waals surface area contributed by atoms with Gasteiger partial charge in [-0.15, -0.1) is 0 Å². The SMILES string of the molecule is O=C(O)C1CCC(NC(=O)N2CCOCC(C3CCC3)C2)CC1. The van der Waals surface area contributed by atoms with Crippen molar-refractivity contribution >= 4 is 12.0 Å². The van der Waals surface area contributed by atoms with Gasteiger partial charge in [-0.2, -0.15) is 0 Å². The van der Waals surface area contributed by atoms with E-state index >= 15 is 0 Å². The third-order valence-corrected chi connectivity index (χ3v) is 5.80. The second-order valence-electron chi connectivity index (χ2n) is 7.31. The molecule has 1 saturated heterocycles. The molecule has 1 unspecified atom stereocenters. The molecule has 130 valence electrons. The number of ether oxygens (including phenoxy) is 1. The Kier molecular flexibility index (Phi) is 5.41. The summed E-state index contributed by atoms with van der Waals surface area (Å²) in [6.07, 6.45) is 6.69. The average Bonchev–Trinajstić information content (AvgIpc) is 2.72. The largest absolute Gasteiger partial charge is 0.481 e. The summed E-state index contributed by atoms with van der Waals surface area (Å²) in [5, 5.41) is 12.2. The predicted molar refractivity (Wildman–Crippen MR) is 85.1 cm³/mol. The summed E-state index contributed by atoms with van der Waals surface area (Å²) in [4.78, 5) is 25.4. The number of carbonyl (C=O) groups excluding carboxylic acids is 1. The molecule has 1 atom stereocenters. The van der Waals surface area contributed by atoms with E-state index < -0.39 is 5.97 Å². The molecule has 3 fully saturated rings. The highest BCUT2D eigenvalue weighted by Crippen LogP contribution is 2.34. The lowest BCUT2D eigenvalue weighted by atomic mass is 9.76. The molecule has 0 aromatic rings. The summed E-state index contributed by atoms with van der Waals surface area (Å²) in [5.74, 6) is 0.245. The van der Waals surface area contributed by atoms with Crippen molar-refractivity contribution in [2.45, 2.75) is 51.0 Å². The van der Waals surface area contributed by atoms with E-state index in [9.17, 15) is 9.59 Å². The highest BCUT2D eigenvalue weighted by molar-refractivity contribution is 5.74. The Morgan fingerprint density at radius 2 is 1.78 bits per heavy atom. The molecule has 3 aliphatic rings. The van der Waals surface area contributed by atoms with E-state index in [0.717, 1.165) is 31.9 Å². The molecule has 0 radical (unpaired) electrons. The van der Waals surface area contributed by atoms with Crippen LogP contribution in [0.2, 0.25) is 0 Å². The van der Waals surface area contributed by atoms with E-state index in [2.05, 4.69) is 5.32 Å². The zero-order chi connectivity index (χ0) is 16.2. The number of carboxylic acids is 1. The fraction of sp³-hybridized carbons (Fsp3) is 0.882. The zero-order valence-corrected chi connectivity index (χ0v) is 13.7.